The number of benzene rings is 4. The quantitative estimate of drug-likeness (QED) is 0.193. The lowest BCUT2D eigenvalue weighted by atomic mass is 9.87. The Morgan fingerprint density at radius 1 is 0.551 bits per heavy atom. The maximum absolute atomic E-state index is 15.3. The number of nitrogens with zero attached hydrogens (tertiary/aromatic N) is 6. The first kappa shape index (κ1) is 30.9. The largest absolute Gasteiger partial charge is 0.277 e. The molecule has 1 aromatic heterocycles. The standard InChI is InChI=1S/C42H39FN6/c1-21-10-25(5)29(9)32(14-21)33-15-22(2)11-26(6)31(33)20-36-44-37-18-30(43)19-38-46-42(47-41(45-36)48(37)38)49-39-27(7)12-23(3)16-34(39)35-17-24(4)13-28(8)40(35)49/h10-19H,20H2,1-9H3. The van der Waals surface area contributed by atoms with Crippen molar-refractivity contribution in [3.05, 3.63) is 128 Å². The topological polar surface area (TPSA) is 57.6 Å². The SMILES string of the molecule is Cc1cc(C)c(C)c(-c2cc(C)cc(C)c2CC2=NC3=NC(n4c5c(C)cc(C)cc5c5cc(C)cc(C)c54)=NC4=CC(F)=CC(=N2)N43)c1. The van der Waals surface area contributed by atoms with E-state index in [1.807, 2.05) is 0 Å². The molecule has 0 amide bonds. The van der Waals surface area contributed by atoms with Gasteiger partial charge in [-0.3, -0.25) is 4.57 Å². The Morgan fingerprint density at radius 2 is 1.12 bits per heavy atom. The molecule has 0 unspecified atom stereocenters. The summed E-state index contributed by atoms with van der Waals surface area (Å²) >= 11 is 0. The van der Waals surface area contributed by atoms with Crippen LogP contribution in [0.15, 0.2) is 92.3 Å². The van der Waals surface area contributed by atoms with E-state index in [9.17, 15) is 0 Å². The van der Waals surface area contributed by atoms with Crippen LogP contribution in [0.2, 0.25) is 0 Å². The van der Waals surface area contributed by atoms with Gasteiger partial charge in [0.05, 0.1) is 11.0 Å². The van der Waals surface area contributed by atoms with Crippen LogP contribution < -0.4 is 0 Å². The number of guanidine groups is 1. The Labute approximate surface area is 286 Å². The van der Waals surface area contributed by atoms with Crippen molar-refractivity contribution in [2.75, 3.05) is 0 Å². The third kappa shape index (κ3) is 4.98. The van der Waals surface area contributed by atoms with Gasteiger partial charge >= 0.3 is 0 Å². The number of halogens is 1. The van der Waals surface area contributed by atoms with Crippen molar-refractivity contribution in [2.24, 2.45) is 20.0 Å². The van der Waals surface area contributed by atoms with Gasteiger partial charge in [0.15, 0.2) is 0 Å². The molecule has 0 atom stereocenters. The first-order valence-electron chi connectivity index (χ1n) is 16.8. The van der Waals surface area contributed by atoms with Crippen molar-refractivity contribution < 1.29 is 4.39 Å². The lowest BCUT2D eigenvalue weighted by Gasteiger charge is -2.32. The Balaban J connectivity index is 1.32. The van der Waals surface area contributed by atoms with Gasteiger partial charge in [-0.05, 0) is 119 Å². The number of aromatic nitrogens is 1. The first-order valence-corrected chi connectivity index (χ1v) is 16.8. The van der Waals surface area contributed by atoms with Gasteiger partial charge in [-0.25, -0.2) is 14.3 Å². The average molecular weight is 647 g/mol. The predicted octanol–water partition coefficient (Wildman–Crippen LogP) is 9.87. The number of aryl methyl sites for hydroxylation is 8. The number of hydrogen-bond acceptors (Lipinski definition) is 5. The molecular formula is C42H39FN6. The minimum atomic E-state index is -0.408. The smallest absolute Gasteiger partial charge is 0.242 e. The summed E-state index contributed by atoms with van der Waals surface area (Å²) < 4.78 is 17.5. The van der Waals surface area contributed by atoms with Gasteiger partial charge in [-0.1, -0.05) is 58.7 Å². The van der Waals surface area contributed by atoms with Crippen molar-refractivity contribution >= 4 is 45.4 Å². The van der Waals surface area contributed by atoms with E-state index in [0.29, 0.717) is 35.8 Å². The molecule has 49 heavy (non-hydrogen) atoms. The molecule has 5 aromatic rings. The summed E-state index contributed by atoms with van der Waals surface area (Å²) in [7, 11) is 0. The van der Waals surface area contributed by atoms with Crippen LogP contribution in [0.25, 0.3) is 32.9 Å². The van der Waals surface area contributed by atoms with E-state index in [4.69, 9.17) is 20.0 Å². The van der Waals surface area contributed by atoms with Crippen LogP contribution >= 0.6 is 0 Å². The van der Waals surface area contributed by atoms with Crippen LogP contribution in [0.5, 0.6) is 0 Å². The third-order valence-corrected chi connectivity index (χ3v) is 9.96. The molecule has 0 saturated carbocycles. The summed E-state index contributed by atoms with van der Waals surface area (Å²) in [6.45, 7) is 19.3. The minimum absolute atomic E-state index is 0.407. The molecule has 0 N–H and O–H groups in total. The maximum atomic E-state index is 15.3. The Bertz CT molecular complexity index is 2450. The van der Waals surface area contributed by atoms with E-state index >= 15 is 4.39 Å². The highest BCUT2D eigenvalue weighted by molar-refractivity contribution is 6.23. The zero-order chi connectivity index (χ0) is 34.5. The second-order valence-corrected chi connectivity index (χ2v) is 14.0. The molecule has 4 aromatic carbocycles. The predicted molar refractivity (Wildman–Crippen MR) is 202 cm³/mol. The molecule has 6 nitrogen and oxygen atoms in total. The number of aliphatic imine (C=N–C) groups is 4. The normalized spacial score (nSPS) is 15.5. The fourth-order valence-corrected chi connectivity index (χ4v) is 7.88. The molecule has 0 aliphatic carbocycles. The maximum Gasteiger partial charge on any atom is 0.242 e. The highest BCUT2D eigenvalue weighted by Crippen LogP contribution is 2.37. The Hall–Kier alpha value is -5.43. The van der Waals surface area contributed by atoms with Crippen molar-refractivity contribution in [1.82, 2.24) is 9.47 Å². The molecular weight excluding hydrogens is 608 g/mol. The van der Waals surface area contributed by atoms with E-state index < -0.39 is 5.83 Å². The summed E-state index contributed by atoms with van der Waals surface area (Å²) in [4.78, 5) is 21.8. The molecule has 3 aliphatic heterocycles. The second-order valence-electron chi connectivity index (χ2n) is 14.0. The fraction of sp³-hybridized carbons (Fsp3) is 0.238. The average Bonchev–Trinajstić information content (AvgIpc) is 3.34. The van der Waals surface area contributed by atoms with Crippen molar-refractivity contribution in [2.45, 2.75) is 68.7 Å². The lowest BCUT2D eigenvalue weighted by molar-refractivity contribution is 0.630. The second kappa shape index (κ2) is 11.1. The zero-order valence-corrected chi connectivity index (χ0v) is 29.5. The Morgan fingerprint density at radius 3 is 1.78 bits per heavy atom. The molecule has 8 rings (SSSR count). The number of allylic oxidation sites excluding steroid dienone is 2. The van der Waals surface area contributed by atoms with Crippen molar-refractivity contribution in [3.8, 4) is 11.1 Å². The monoisotopic (exact) mass is 646 g/mol. The molecule has 0 saturated heterocycles. The number of amidine groups is 2. The fourth-order valence-electron chi connectivity index (χ4n) is 7.88. The first-order chi connectivity index (χ1) is 23.4. The molecule has 0 fully saturated rings. The van der Waals surface area contributed by atoms with Gasteiger partial charge in [-0.2, -0.15) is 15.0 Å². The van der Waals surface area contributed by atoms with Gasteiger partial charge in [-0.15, -0.1) is 0 Å². The third-order valence-electron chi connectivity index (χ3n) is 9.96. The van der Waals surface area contributed by atoms with Crippen LogP contribution in [0.4, 0.5) is 4.39 Å². The van der Waals surface area contributed by atoms with Gasteiger partial charge in [0.2, 0.25) is 11.9 Å². The summed E-state index contributed by atoms with van der Waals surface area (Å²) in [5.74, 6) is 1.88. The molecule has 0 spiro atoms. The van der Waals surface area contributed by atoms with E-state index in [-0.39, 0.29) is 0 Å². The molecule has 4 heterocycles. The summed E-state index contributed by atoms with van der Waals surface area (Å²) in [6.07, 6.45) is 3.34. The number of rotatable bonds is 3. The van der Waals surface area contributed by atoms with Crippen LogP contribution in [0, 0.1) is 62.3 Å². The number of fused-ring (bicyclic) bond motifs is 3. The van der Waals surface area contributed by atoms with E-state index in [1.54, 1.807) is 4.90 Å². The summed E-state index contributed by atoms with van der Waals surface area (Å²) in [6, 6.07) is 17.8. The van der Waals surface area contributed by atoms with Gasteiger partial charge in [0.25, 0.3) is 0 Å². The lowest BCUT2D eigenvalue weighted by Crippen LogP contribution is -2.42. The van der Waals surface area contributed by atoms with Gasteiger partial charge < -0.3 is 0 Å². The summed E-state index contributed by atoms with van der Waals surface area (Å²) in [5.41, 5.74) is 16.3. The van der Waals surface area contributed by atoms with Crippen LogP contribution in [-0.2, 0) is 6.42 Å². The highest BCUT2D eigenvalue weighted by Gasteiger charge is 2.34. The highest BCUT2D eigenvalue weighted by atomic mass is 19.1. The van der Waals surface area contributed by atoms with Crippen molar-refractivity contribution in [3.63, 3.8) is 0 Å². The van der Waals surface area contributed by atoms with Crippen LogP contribution in [0.3, 0.4) is 0 Å². The molecule has 0 radical (unpaired) electrons. The molecule has 244 valence electrons. The van der Waals surface area contributed by atoms with Gasteiger partial charge in [0.1, 0.15) is 23.3 Å². The zero-order valence-electron chi connectivity index (χ0n) is 29.5. The van der Waals surface area contributed by atoms with Crippen LogP contribution in [-0.4, -0.2) is 33.1 Å². The van der Waals surface area contributed by atoms with E-state index in [2.05, 4.69) is 115 Å². The summed E-state index contributed by atoms with van der Waals surface area (Å²) in [5, 5.41) is 2.29. The molecule has 3 aliphatic rings. The molecule has 0 bridgehead atoms. The van der Waals surface area contributed by atoms with Crippen molar-refractivity contribution in [1.29, 1.82) is 0 Å². The van der Waals surface area contributed by atoms with E-state index in [1.165, 1.54) is 62.2 Å². The van der Waals surface area contributed by atoms with Gasteiger partial charge in [0, 0.05) is 29.3 Å². The van der Waals surface area contributed by atoms with E-state index in [0.717, 1.165) is 38.5 Å². The Kier molecular flexibility index (Phi) is 6.97. The molecule has 7 heteroatoms. The number of hydrogen-bond donors (Lipinski definition) is 0. The van der Waals surface area contributed by atoms with Crippen LogP contribution in [0.1, 0.15) is 55.6 Å². The minimum Gasteiger partial charge on any atom is -0.277 e.